The van der Waals surface area contributed by atoms with Crippen LogP contribution in [0.15, 0.2) is 24.3 Å². The highest BCUT2D eigenvalue weighted by atomic mass is 32.2. The number of carbonyl (C=O) groups is 1. The predicted octanol–water partition coefficient (Wildman–Crippen LogP) is 3.88. The first-order chi connectivity index (χ1) is 11.6. The molecule has 1 aliphatic heterocycles. The Balaban J connectivity index is 2.02. The molecule has 1 N–H and O–H groups in total. The summed E-state index contributed by atoms with van der Waals surface area (Å²) in [6.45, 7) is 11.4. The van der Waals surface area contributed by atoms with Crippen molar-refractivity contribution in [3.8, 4) is 0 Å². The number of benzene rings is 1. The summed E-state index contributed by atoms with van der Waals surface area (Å²) in [5.41, 5.74) is 1.93. The number of nitrogens with one attached hydrogen (secondary N) is 1. The van der Waals surface area contributed by atoms with Crippen LogP contribution in [0.1, 0.15) is 53.0 Å². The Morgan fingerprint density at radius 3 is 2.48 bits per heavy atom. The Morgan fingerprint density at radius 1 is 1.24 bits per heavy atom. The van der Waals surface area contributed by atoms with Gasteiger partial charge in [-0.15, -0.1) is 0 Å². The number of amides is 1. The van der Waals surface area contributed by atoms with E-state index in [1.54, 1.807) is 13.8 Å². The molecule has 1 amide bonds. The second-order valence-electron chi connectivity index (χ2n) is 8.36. The molecule has 1 aromatic rings. The van der Waals surface area contributed by atoms with E-state index in [0.29, 0.717) is 11.7 Å². The van der Waals surface area contributed by atoms with Gasteiger partial charge >= 0.3 is 0 Å². The summed E-state index contributed by atoms with van der Waals surface area (Å²) in [5.74, 6) is 0.751. The van der Waals surface area contributed by atoms with Crippen LogP contribution in [0.5, 0.6) is 0 Å². The van der Waals surface area contributed by atoms with Crippen molar-refractivity contribution in [2.75, 3.05) is 24.3 Å². The van der Waals surface area contributed by atoms with Crippen LogP contribution in [-0.2, 0) is 26.1 Å². The summed E-state index contributed by atoms with van der Waals surface area (Å²) in [7, 11) is 0. The number of carbonyl (C=O) groups excluding carboxylic acids is 1. The molecule has 5 heteroatoms. The zero-order valence-corrected chi connectivity index (χ0v) is 16.9. The van der Waals surface area contributed by atoms with E-state index in [-0.39, 0.29) is 11.3 Å². The third-order valence-corrected chi connectivity index (χ3v) is 6.93. The number of ether oxygens (including phenoxy) is 1. The van der Waals surface area contributed by atoms with Gasteiger partial charge in [0.2, 0.25) is 0 Å². The van der Waals surface area contributed by atoms with Crippen LogP contribution in [0.25, 0.3) is 0 Å². The van der Waals surface area contributed by atoms with Crippen LogP contribution in [0.4, 0.5) is 5.69 Å². The van der Waals surface area contributed by atoms with Crippen LogP contribution in [0.3, 0.4) is 0 Å². The maximum Gasteiger partial charge on any atom is 0.279 e. The Kier molecular flexibility index (Phi) is 6.57. The molecule has 0 radical (unpaired) electrons. The molecule has 0 aliphatic carbocycles. The topological polar surface area (TPSA) is 61.4 Å². The Labute approximate surface area is 154 Å². The fraction of sp³-hybridized carbons (Fsp3) is 0.650. The van der Waals surface area contributed by atoms with E-state index >= 15 is 0 Å². The van der Waals surface area contributed by atoms with Gasteiger partial charge in [0.15, 0.2) is 4.75 Å². The molecule has 1 atom stereocenters. The Hall–Kier alpha value is -1.04. The molecule has 1 heterocycles. The largest absolute Gasteiger partial charge is 0.616 e. The minimum atomic E-state index is -1.22. The summed E-state index contributed by atoms with van der Waals surface area (Å²) in [6, 6.07) is 7.88. The molecule has 1 saturated heterocycles. The van der Waals surface area contributed by atoms with Gasteiger partial charge in [-0.05, 0) is 61.0 Å². The van der Waals surface area contributed by atoms with Crippen LogP contribution >= 0.6 is 0 Å². The van der Waals surface area contributed by atoms with Gasteiger partial charge in [-0.25, -0.2) is 0 Å². The molecular weight excluding hydrogens is 334 g/mol. The van der Waals surface area contributed by atoms with Gasteiger partial charge in [0, 0.05) is 24.8 Å². The molecule has 4 nitrogen and oxygen atoms in total. The van der Waals surface area contributed by atoms with Gasteiger partial charge in [0.05, 0.1) is 0 Å². The SMILES string of the molecule is CC(C)(C)c1cccc(NC(=O)C(C)(C)[S@@+]([O-])CC2CCOCC2)c1. The first kappa shape index (κ1) is 20.3. The average Bonchev–Trinajstić information content (AvgIpc) is 2.55. The van der Waals surface area contributed by atoms with Crippen molar-refractivity contribution in [1.29, 1.82) is 0 Å². The van der Waals surface area contributed by atoms with E-state index in [9.17, 15) is 9.35 Å². The lowest BCUT2D eigenvalue weighted by Crippen LogP contribution is -2.47. The smallest absolute Gasteiger partial charge is 0.279 e. The molecule has 0 bridgehead atoms. The number of hydrogen-bond donors (Lipinski definition) is 1. The minimum absolute atomic E-state index is 0.0160. The predicted molar refractivity (Wildman–Crippen MR) is 104 cm³/mol. The fourth-order valence-corrected chi connectivity index (χ4v) is 4.22. The third kappa shape index (κ3) is 5.47. The first-order valence-electron chi connectivity index (χ1n) is 8.99. The van der Waals surface area contributed by atoms with Gasteiger partial charge in [-0.1, -0.05) is 32.9 Å². The molecule has 0 spiro atoms. The quantitative estimate of drug-likeness (QED) is 0.806. The molecule has 0 unspecified atom stereocenters. The standard InChI is InChI=1S/C20H31NO3S/c1-19(2,3)16-7-6-8-17(13-16)21-18(22)20(4,5)25(23)14-15-9-11-24-12-10-15/h6-8,13,15H,9-12,14H2,1-5H3,(H,21,22)/t25-/m0/s1. The molecule has 1 fully saturated rings. The van der Waals surface area contributed by atoms with Crippen molar-refractivity contribution < 1.29 is 14.1 Å². The highest BCUT2D eigenvalue weighted by Crippen LogP contribution is 2.28. The Bertz CT molecular complexity index is 589. The Morgan fingerprint density at radius 2 is 1.88 bits per heavy atom. The second-order valence-corrected chi connectivity index (χ2v) is 10.4. The van der Waals surface area contributed by atoms with Crippen molar-refractivity contribution in [3.05, 3.63) is 29.8 Å². The van der Waals surface area contributed by atoms with Crippen molar-refractivity contribution >= 4 is 22.8 Å². The van der Waals surface area contributed by atoms with E-state index in [1.807, 2.05) is 18.2 Å². The molecule has 0 saturated carbocycles. The van der Waals surface area contributed by atoms with Crippen LogP contribution in [-0.4, -0.2) is 34.2 Å². The van der Waals surface area contributed by atoms with Crippen LogP contribution < -0.4 is 5.32 Å². The average molecular weight is 366 g/mol. The van der Waals surface area contributed by atoms with Crippen molar-refractivity contribution in [2.45, 2.75) is 57.6 Å². The maximum absolute atomic E-state index is 12.8. The zero-order chi connectivity index (χ0) is 18.7. The minimum Gasteiger partial charge on any atom is -0.616 e. The summed E-state index contributed by atoms with van der Waals surface area (Å²) in [6.07, 6.45) is 1.86. The van der Waals surface area contributed by atoms with Crippen molar-refractivity contribution in [3.63, 3.8) is 0 Å². The molecule has 140 valence electrons. The summed E-state index contributed by atoms with van der Waals surface area (Å²) in [4.78, 5) is 12.7. The number of anilines is 1. The summed E-state index contributed by atoms with van der Waals surface area (Å²) in [5, 5.41) is 2.96. The van der Waals surface area contributed by atoms with Crippen LogP contribution in [0, 0.1) is 5.92 Å². The third-order valence-electron chi connectivity index (χ3n) is 4.83. The zero-order valence-electron chi connectivity index (χ0n) is 16.1. The van der Waals surface area contributed by atoms with E-state index in [0.717, 1.165) is 37.3 Å². The van der Waals surface area contributed by atoms with Crippen LogP contribution in [0.2, 0.25) is 0 Å². The molecule has 2 rings (SSSR count). The van der Waals surface area contributed by atoms with E-state index in [2.05, 4.69) is 32.2 Å². The number of rotatable bonds is 5. The van der Waals surface area contributed by atoms with Crippen molar-refractivity contribution in [2.24, 2.45) is 5.92 Å². The van der Waals surface area contributed by atoms with E-state index in [4.69, 9.17) is 4.74 Å². The van der Waals surface area contributed by atoms with E-state index in [1.165, 1.54) is 0 Å². The molecule has 1 aromatic carbocycles. The first-order valence-corrected chi connectivity index (χ1v) is 10.3. The highest BCUT2D eigenvalue weighted by molar-refractivity contribution is 7.93. The fourth-order valence-electron chi connectivity index (χ4n) is 2.78. The normalized spacial score (nSPS) is 18.0. The van der Waals surface area contributed by atoms with E-state index < -0.39 is 15.9 Å². The number of hydrogen-bond acceptors (Lipinski definition) is 3. The lowest BCUT2D eigenvalue weighted by atomic mass is 9.87. The van der Waals surface area contributed by atoms with Gasteiger partial charge < -0.3 is 14.6 Å². The maximum atomic E-state index is 12.8. The van der Waals surface area contributed by atoms with Gasteiger partial charge in [-0.3, -0.25) is 4.79 Å². The summed E-state index contributed by atoms with van der Waals surface area (Å²) >= 11 is -1.22. The lowest BCUT2D eigenvalue weighted by Gasteiger charge is -2.31. The van der Waals surface area contributed by atoms with Gasteiger partial charge in [0.1, 0.15) is 5.75 Å². The molecule has 25 heavy (non-hydrogen) atoms. The van der Waals surface area contributed by atoms with Gasteiger partial charge in [0.25, 0.3) is 5.91 Å². The second kappa shape index (κ2) is 8.11. The molecule has 1 aliphatic rings. The molecule has 0 aromatic heterocycles. The highest BCUT2D eigenvalue weighted by Gasteiger charge is 2.41. The monoisotopic (exact) mass is 365 g/mol. The van der Waals surface area contributed by atoms with Crippen molar-refractivity contribution in [1.82, 2.24) is 0 Å². The lowest BCUT2D eigenvalue weighted by molar-refractivity contribution is -0.117. The summed E-state index contributed by atoms with van der Waals surface area (Å²) < 4.78 is 17.2. The molecular formula is C20H31NO3S. The van der Waals surface area contributed by atoms with Gasteiger partial charge in [-0.2, -0.15) is 0 Å².